The number of nitrogens with zero attached hydrogens (tertiary/aromatic N) is 1. The van der Waals surface area contributed by atoms with Crippen LogP contribution in [0.1, 0.15) is 31.7 Å². The Labute approximate surface area is 177 Å². The van der Waals surface area contributed by atoms with Gasteiger partial charge < -0.3 is 9.30 Å². The number of hydrogen-bond donors (Lipinski definition) is 0. The molecule has 3 aromatic carbocycles. The third-order valence-electron chi connectivity index (χ3n) is 5.55. The van der Waals surface area contributed by atoms with Gasteiger partial charge in [0.2, 0.25) is 0 Å². The Balaban J connectivity index is 1.93. The molecule has 30 heavy (non-hydrogen) atoms. The molecule has 0 spiro atoms. The van der Waals surface area contributed by atoms with Crippen molar-refractivity contribution in [2.24, 2.45) is 0 Å². The van der Waals surface area contributed by atoms with Crippen molar-refractivity contribution >= 4 is 10.9 Å². The van der Waals surface area contributed by atoms with Crippen LogP contribution in [-0.2, 0) is 6.42 Å². The molecule has 4 aromatic rings. The van der Waals surface area contributed by atoms with Gasteiger partial charge in [0.1, 0.15) is 5.75 Å². The van der Waals surface area contributed by atoms with Crippen molar-refractivity contribution in [1.82, 2.24) is 4.57 Å². The maximum atomic E-state index is 13.1. The van der Waals surface area contributed by atoms with Crippen LogP contribution in [0.3, 0.4) is 0 Å². The summed E-state index contributed by atoms with van der Waals surface area (Å²) in [6, 6.07) is 26.1. The second-order valence-corrected chi connectivity index (χ2v) is 7.60. The van der Waals surface area contributed by atoms with Crippen LogP contribution in [0.4, 0.5) is 0 Å². The molecule has 0 aliphatic rings. The van der Waals surface area contributed by atoms with E-state index in [0.29, 0.717) is 0 Å². The molecule has 0 atom stereocenters. The number of pyridine rings is 1. The average molecular weight is 398 g/mol. The molecule has 152 valence electrons. The second-order valence-electron chi connectivity index (χ2n) is 7.60. The summed E-state index contributed by atoms with van der Waals surface area (Å²) in [5, 5.41) is 0.763. The van der Waals surface area contributed by atoms with Gasteiger partial charge in [0.25, 0.3) is 0 Å². The zero-order chi connectivity index (χ0) is 20.9. The van der Waals surface area contributed by atoms with Gasteiger partial charge in [0.05, 0.1) is 18.3 Å². The van der Waals surface area contributed by atoms with Gasteiger partial charge in [0, 0.05) is 17.1 Å². The van der Waals surface area contributed by atoms with Crippen molar-refractivity contribution in [3.63, 3.8) is 0 Å². The van der Waals surface area contributed by atoms with Gasteiger partial charge >= 0.3 is 0 Å². The van der Waals surface area contributed by atoms with Crippen molar-refractivity contribution < 1.29 is 4.74 Å². The summed E-state index contributed by atoms with van der Waals surface area (Å²) in [6.07, 6.45) is 4.56. The van der Waals surface area contributed by atoms with Gasteiger partial charge in [-0.1, -0.05) is 56.2 Å². The van der Waals surface area contributed by atoms with Gasteiger partial charge in [-0.15, -0.1) is 0 Å². The Morgan fingerprint density at radius 2 is 1.63 bits per heavy atom. The van der Waals surface area contributed by atoms with E-state index < -0.39 is 0 Å². The number of fused-ring (bicyclic) bond motifs is 1. The first-order valence-electron chi connectivity index (χ1n) is 10.6. The van der Waals surface area contributed by atoms with Gasteiger partial charge in [0.15, 0.2) is 5.43 Å². The standard InChI is InChI=1S/C27H27NO2/c1-3-4-6-9-20-12-17-25-24(18-20)27(29)19-26(21-10-7-5-8-11-21)28(25)22-13-15-23(30-2)16-14-22/h5,7-8,10-19H,3-4,6,9H2,1-2H3. The van der Waals surface area contributed by atoms with Crippen LogP contribution in [0.25, 0.3) is 27.8 Å². The summed E-state index contributed by atoms with van der Waals surface area (Å²) < 4.78 is 7.50. The third kappa shape index (κ3) is 4.02. The average Bonchev–Trinajstić information content (AvgIpc) is 2.80. The Kier molecular flexibility index (Phi) is 5.99. The normalized spacial score (nSPS) is 11.0. The van der Waals surface area contributed by atoms with E-state index in [-0.39, 0.29) is 5.43 Å². The van der Waals surface area contributed by atoms with Crippen molar-refractivity contribution in [3.05, 3.63) is 94.6 Å². The molecule has 0 radical (unpaired) electrons. The number of methoxy groups -OCH3 is 1. The first-order valence-corrected chi connectivity index (χ1v) is 10.6. The lowest BCUT2D eigenvalue weighted by Crippen LogP contribution is -2.11. The van der Waals surface area contributed by atoms with E-state index in [1.165, 1.54) is 18.4 Å². The molecule has 0 fully saturated rings. The fraction of sp³-hybridized carbons (Fsp3) is 0.222. The highest BCUT2D eigenvalue weighted by atomic mass is 16.5. The second kappa shape index (κ2) is 9.00. The third-order valence-corrected chi connectivity index (χ3v) is 5.55. The Morgan fingerprint density at radius 1 is 0.867 bits per heavy atom. The molecule has 4 rings (SSSR count). The Bertz CT molecular complexity index is 1190. The molecule has 0 aliphatic carbocycles. The van der Waals surface area contributed by atoms with Gasteiger partial charge in [-0.3, -0.25) is 4.79 Å². The van der Waals surface area contributed by atoms with Crippen LogP contribution in [0.2, 0.25) is 0 Å². The van der Waals surface area contributed by atoms with Gasteiger partial charge in [-0.25, -0.2) is 0 Å². The SMILES string of the molecule is CCCCCc1ccc2c(c1)c(=O)cc(-c1ccccc1)n2-c1ccc(OC)cc1. The topological polar surface area (TPSA) is 31.2 Å². The minimum Gasteiger partial charge on any atom is -0.497 e. The molecule has 0 amide bonds. The zero-order valence-corrected chi connectivity index (χ0v) is 17.6. The maximum Gasteiger partial charge on any atom is 0.190 e. The zero-order valence-electron chi connectivity index (χ0n) is 17.6. The number of ether oxygens (including phenoxy) is 1. The van der Waals surface area contributed by atoms with Crippen LogP contribution in [0.5, 0.6) is 5.75 Å². The summed E-state index contributed by atoms with van der Waals surface area (Å²) >= 11 is 0. The fourth-order valence-corrected chi connectivity index (χ4v) is 3.94. The number of hydrogen-bond acceptors (Lipinski definition) is 2. The predicted molar refractivity (Wildman–Crippen MR) is 125 cm³/mol. The molecule has 0 saturated carbocycles. The number of aromatic nitrogens is 1. The molecule has 1 aromatic heterocycles. The summed E-state index contributed by atoms with van der Waals surface area (Å²) in [7, 11) is 1.67. The van der Waals surface area contributed by atoms with Crippen LogP contribution < -0.4 is 10.2 Å². The first kappa shape index (κ1) is 20.0. The highest BCUT2D eigenvalue weighted by Crippen LogP contribution is 2.28. The highest BCUT2D eigenvalue weighted by molar-refractivity contribution is 5.85. The monoisotopic (exact) mass is 397 g/mol. The lowest BCUT2D eigenvalue weighted by Gasteiger charge is -2.18. The molecule has 0 bridgehead atoms. The van der Waals surface area contributed by atoms with Crippen molar-refractivity contribution in [3.8, 4) is 22.7 Å². The summed E-state index contributed by atoms with van der Waals surface area (Å²) in [4.78, 5) is 13.1. The first-order chi connectivity index (χ1) is 14.7. The summed E-state index contributed by atoms with van der Waals surface area (Å²) in [5.74, 6) is 0.809. The molecular formula is C27H27NO2. The van der Waals surface area contributed by atoms with E-state index in [4.69, 9.17) is 4.74 Å². The minimum atomic E-state index is 0.0611. The molecule has 3 nitrogen and oxygen atoms in total. The Hall–Kier alpha value is -3.33. The van der Waals surface area contributed by atoms with Gasteiger partial charge in [-0.2, -0.15) is 0 Å². The maximum absolute atomic E-state index is 13.1. The number of unbranched alkanes of at least 4 members (excludes halogenated alkanes) is 2. The van der Waals surface area contributed by atoms with E-state index >= 15 is 0 Å². The van der Waals surface area contributed by atoms with E-state index in [1.54, 1.807) is 13.2 Å². The largest absolute Gasteiger partial charge is 0.497 e. The van der Waals surface area contributed by atoms with Gasteiger partial charge in [-0.05, 0) is 60.4 Å². The van der Waals surface area contributed by atoms with E-state index in [9.17, 15) is 4.79 Å². The highest BCUT2D eigenvalue weighted by Gasteiger charge is 2.13. The molecule has 0 aliphatic heterocycles. The van der Waals surface area contributed by atoms with Crippen LogP contribution in [0.15, 0.2) is 83.7 Å². The lowest BCUT2D eigenvalue weighted by atomic mass is 10.0. The van der Waals surface area contributed by atoms with Crippen LogP contribution in [0, 0.1) is 0 Å². The minimum absolute atomic E-state index is 0.0611. The number of rotatable bonds is 7. The number of aryl methyl sites for hydroxylation is 1. The molecule has 0 N–H and O–H groups in total. The van der Waals surface area contributed by atoms with E-state index in [1.807, 2.05) is 54.6 Å². The van der Waals surface area contributed by atoms with Crippen molar-refractivity contribution in [2.45, 2.75) is 32.6 Å². The Morgan fingerprint density at radius 3 is 2.33 bits per heavy atom. The molecule has 0 saturated heterocycles. The molecule has 1 heterocycles. The van der Waals surface area contributed by atoms with Crippen LogP contribution in [-0.4, -0.2) is 11.7 Å². The number of benzene rings is 3. The van der Waals surface area contributed by atoms with Crippen molar-refractivity contribution in [2.75, 3.05) is 7.11 Å². The van der Waals surface area contributed by atoms with E-state index in [2.05, 4.69) is 29.7 Å². The molecular weight excluding hydrogens is 370 g/mol. The van der Waals surface area contributed by atoms with Crippen molar-refractivity contribution in [1.29, 1.82) is 0 Å². The smallest absolute Gasteiger partial charge is 0.190 e. The van der Waals surface area contributed by atoms with E-state index in [0.717, 1.165) is 46.4 Å². The predicted octanol–water partition coefficient (Wildman–Crippen LogP) is 6.40. The summed E-state index contributed by atoms with van der Waals surface area (Å²) in [6.45, 7) is 2.21. The fourth-order valence-electron chi connectivity index (χ4n) is 3.94. The molecule has 3 heteroatoms. The molecule has 0 unspecified atom stereocenters. The quantitative estimate of drug-likeness (QED) is 0.338. The van der Waals surface area contributed by atoms with Crippen LogP contribution >= 0.6 is 0 Å². The lowest BCUT2D eigenvalue weighted by molar-refractivity contribution is 0.415. The summed E-state index contributed by atoms with van der Waals surface area (Å²) in [5.41, 5.74) is 5.10.